The number of guanidine groups is 1. The molecule has 2 aromatic rings. The molecule has 142 valence electrons. The highest BCUT2D eigenvalue weighted by Crippen LogP contribution is 2.06. The maximum atomic E-state index is 12.6. The monoisotopic (exact) mass is 366 g/mol. The predicted octanol–water partition coefficient (Wildman–Crippen LogP) is 2.53. The van der Waals surface area contributed by atoms with Crippen LogP contribution in [0.5, 0.6) is 0 Å². The number of hydrogen-bond donors (Lipinski definition) is 2. The fraction of sp³-hybridized carbons (Fsp3) is 0.333. The van der Waals surface area contributed by atoms with E-state index in [1.807, 2.05) is 61.5 Å². The fourth-order valence-corrected chi connectivity index (χ4v) is 2.78. The Kier molecular flexibility index (Phi) is 6.96. The minimum absolute atomic E-state index is 0.177. The number of benzene rings is 2. The van der Waals surface area contributed by atoms with Crippen molar-refractivity contribution >= 4 is 17.6 Å². The first kappa shape index (κ1) is 19.1. The molecule has 0 saturated carbocycles. The Bertz CT molecular complexity index is 754. The summed E-state index contributed by atoms with van der Waals surface area (Å²) in [4.78, 5) is 19.5. The van der Waals surface area contributed by atoms with Crippen LogP contribution in [0.25, 0.3) is 0 Å². The maximum Gasteiger partial charge on any atom is 0.257 e. The van der Waals surface area contributed by atoms with Gasteiger partial charge in [-0.1, -0.05) is 35.9 Å². The van der Waals surface area contributed by atoms with Crippen molar-refractivity contribution < 1.29 is 9.53 Å². The van der Waals surface area contributed by atoms with Crippen molar-refractivity contribution in [2.24, 2.45) is 4.99 Å². The van der Waals surface area contributed by atoms with E-state index in [1.165, 1.54) is 0 Å². The molecule has 0 spiro atoms. The highest BCUT2D eigenvalue weighted by atomic mass is 16.5. The largest absolute Gasteiger partial charge is 0.379 e. The Balaban J connectivity index is 1.65. The zero-order valence-electron chi connectivity index (χ0n) is 15.6. The van der Waals surface area contributed by atoms with Crippen molar-refractivity contribution in [2.45, 2.75) is 6.92 Å². The van der Waals surface area contributed by atoms with Gasteiger partial charge in [0.25, 0.3) is 5.91 Å². The number of rotatable bonds is 5. The first-order valence-electron chi connectivity index (χ1n) is 9.25. The third-order valence-electron chi connectivity index (χ3n) is 4.37. The van der Waals surface area contributed by atoms with E-state index in [2.05, 4.69) is 20.5 Å². The minimum Gasteiger partial charge on any atom is -0.379 e. The molecule has 0 aliphatic carbocycles. The van der Waals surface area contributed by atoms with Gasteiger partial charge in [-0.15, -0.1) is 0 Å². The van der Waals surface area contributed by atoms with Crippen LogP contribution in [-0.4, -0.2) is 56.2 Å². The number of amides is 1. The molecule has 3 rings (SSSR count). The Morgan fingerprint density at radius 2 is 1.78 bits per heavy atom. The number of anilines is 1. The average molecular weight is 366 g/mol. The van der Waals surface area contributed by atoms with Gasteiger partial charge in [0.05, 0.1) is 19.8 Å². The van der Waals surface area contributed by atoms with Gasteiger partial charge in [-0.05, 0) is 31.2 Å². The van der Waals surface area contributed by atoms with Gasteiger partial charge in [0, 0.05) is 30.9 Å². The van der Waals surface area contributed by atoms with E-state index in [-0.39, 0.29) is 5.91 Å². The highest BCUT2D eigenvalue weighted by Gasteiger charge is 2.11. The van der Waals surface area contributed by atoms with E-state index in [4.69, 9.17) is 4.74 Å². The van der Waals surface area contributed by atoms with E-state index < -0.39 is 0 Å². The van der Waals surface area contributed by atoms with Crippen LogP contribution < -0.4 is 10.6 Å². The summed E-state index contributed by atoms with van der Waals surface area (Å²) in [5.41, 5.74) is 2.61. The van der Waals surface area contributed by atoms with Gasteiger partial charge in [-0.25, -0.2) is 0 Å². The van der Waals surface area contributed by atoms with Crippen molar-refractivity contribution in [3.8, 4) is 0 Å². The van der Waals surface area contributed by atoms with Gasteiger partial charge < -0.3 is 10.1 Å². The molecule has 1 amide bonds. The molecule has 2 N–H and O–H groups in total. The zero-order valence-corrected chi connectivity index (χ0v) is 15.6. The molecule has 0 unspecified atom stereocenters. The Morgan fingerprint density at radius 1 is 1.07 bits per heavy atom. The lowest BCUT2D eigenvalue weighted by Gasteiger charge is -2.25. The lowest BCUT2D eigenvalue weighted by molar-refractivity contribution is 0.0394. The molecule has 1 fully saturated rings. The number of carbonyl (C=O) groups excluding carboxylic acids is 1. The second-order valence-corrected chi connectivity index (χ2v) is 6.50. The van der Waals surface area contributed by atoms with Gasteiger partial charge in [0.1, 0.15) is 0 Å². The van der Waals surface area contributed by atoms with Crippen LogP contribution >= 0.6 is 0 Å². The molecule has 6 nitrogen and oxygen atoms in total. The lowest BCUT2D eigenvalue weighted by Crippen LogP contribution is -2.39. The van der Waals surface area contributed by atoms with Crippen LogP contribution in [0.15, 0.2) is 59.6 Å². The molecular formula is C21H26N4O2. The van der Waals surface area contributed by atoms with E-state index in [0.29, 0.717) is 18.1 Å². The van der Waals surface area contributed by atoms with Crippen LogP contribution in [0.2, 0.25) is 0 Å². The summed E-state index contributed by atoms with van der Waals surface area (Å²) >= 11 is 0. The molecule has 0 bridgehead atoms. The molecular weight excluding hydrogens is 340 g/mol. The van der Waals surface area contributed by atoms with Gasteiger partial charge in [0.2, 0.25) is 5.96 Å². The molecule has 0 radical (unpaired) electrons. The number of morpholine rings is 1. The number of hydrogen-bond acceptors (Lipinski definition) is 4. The molecule has 27 heavy (non-hydrogen) atoms. The summed E-state index contributed by atoms with van der Waals surface area (Å²) in [5.74, 6) is 0.281. The third kappa shape index (κ3) is 6.20. The standard InChI is InChI=1S/C21H26N4O2/c1-17-7-9-18(10-8-17)20(26)24-21(23-19-5-3-2-4-6-19)22-11-12-25-13-15-27-16-14-25/h2-10H,11-16H2,1H3,(H2,22,23,24,26). The number of ether oxygens (including phenoxy) is 1. The quantitative estimate of drug-likeness (QED) is 0.630. The van der Waals surface area contributed by atoms with Gasteiger partial charge in [-0.3, -0.25) is 20.0 Å². The number of aliphatic imine (C=N–C) groups is 1. The second kappa shape index (κ2) is 9.85. The zero-order chi connectivity index (χ0) is 18.9. The van der Waals surface area contributed by atoms with Crippen molar-refractivity contribution in [3.05, 3.63) is 65.7 Å². The van der Waals surface area contributed by atoms with Crippen LogP contribution in [0.3, 0.4) is 0 Å². The van der Waals surface area contributed by atoms with E-state index in [1.54, 1.807) is 0 Å². The third-order valence-corrected chi connectivity index (χ3v) is 4.37. The van der Waals surface area contributed by atoms with Gasteiger partial charge in [0.15, 0.2) is 0 Å². The minimum atomic E-state index is -0.177. The molecule has 0 aromatic heterocycles. The van der Waals surface area contributed by atoms with Crippen LogP contribution in [0.4, 0.5) is 5.69 Å². The number of nitrogens with zero attached hydrogens (tertiary/aromatic N) is 2. The number of aryl methyl sites for hydroxylation is 1. The van der Waals surface area contributed by atoms with Crippen molar-refractivity contribution in [3.63, 3.8) is 0 Å². The van der Waals surface area contributed by atoms with Crippen molar-refractivity contribution in [2.75, 3.05) is 44.7 Å². The van der Waals surface area contributed by atoms with E-state index >= 15 is 0 Å². The van der Waals surface area contributed by atoms with Crippen molar-refractivity contribution in [1.82, 2.24) is 10.2 Å². The molecule has 2 aromatic carbocycles. The smallest absolute Gasteiger partial charge is 0.257 e. The van der Waals surface area contributed by atoms with Crippen LogP contribution in [0, 0.1) is 6.92 Å². The second-order valence-electron chi connectivity index (χ2n) is 6.50. The molecule has 0 atom stereocenters. The number of para-hydroxylation sites is 1. The van der Waals surface area contributed by atoms with Crippen molar-refractivity contribution in [1.29, 1.82) is 0 Å². The first-order chi connectivity index (χ1) is 13.2. The normalized spacial score (nSPS) is 15.4. The Hall–Kier alpha value is -2.70. The van der Waals surface area contributed by atoms with Gasteiger partial charge >= 0.3 is 0 Å². The van der Waals surface area contributed by atoms with E-state index in [9.17, 15) is 4.79 Å². The number of carbonyl (C=O) groups is 1. The highest BCUT2D eigenvalue weighted by molar-refractivity contribution is 6.09. The van der Waals surface area contributed by atoms with Crippen LogP contribution in [0.1, 0.15) is 15.9 Å². The number of nitrogens with one attached hydrogen (secondary N) is 2. The molecule has 1 saturated heterocycles. The maximum absolute atomic E-state index is 12.6. The molecule has 1 aliphatic rings. The first-order valence-corrected chi connectivity index (χ1v) is 9.25. The summed E-state index contributed by atoms with van der Waals surface area (Å²) in [7, 11) is 0. The van der Waals surface area contributed by atoms with E-state index in [0.717, 1.165) is 44.1 Å². The summed E-state index contributed by atoms with van der Waals surface area (Å²) in [6.07, 6.45) is 0. The Morgan fingerprint density at radius 3 is 2.48 bits per heavy atom. The van der Waals surface area contributed by atoms with Crippen LogP contribution in [-0.2, 0) is 4.74 Å². The summed E-state index contributed by atoms with van der Waals surface area (Å²) in [6.45, 7) is 6.82. The SMILES string of the molecule is Cc1ccc(C(=O)NC(=NCCN2CCOCC2)Nc2ccccc2)cc1. The molecule has 6 heteroatoms. The molecule has 1 heterocycles. The predicted molar refractivity (Wildman–Crippen MR) is 108 cm³/mol. The Labute approximate surface area is 160 Å². The molecule has 1 aliphatic heterocycles. The topological polar surface area (TPSA) is 66.0 Å². The average Bonchev–Trinajstić information content (AvgIpc) is 2.70. The summed E-state index contributed by atoms with van der Waals surface area (Å²) in [6, 6.07) is 17.2. The van der Waals surface area contributed by atoms with Gasteiger partial charge in [-0.2, -0.15) is 0 Å². The lowest BCUT2D eigenvalue weighted by atomic mass is 10.1. The summed E-state index contributed by atoms with van der Waals surface area (Å²) in [5, 5.41) is 6.10. The fourth-order valence-electron chi connectivity index (χ4n) is 2.78. The summed E-state index contributed by atoms with van der Waals surface area (Å²) < 4.78 is 5.37.